The molecule has 0 aliphatic heterocycles. The van der Waals surface area contributed by atoms with Gasteiger partial charge in [0.25, 0.3) is 5.91 Å². The van der Waals surface area contributed by atoms with Crippen LogP contribution in [-0.2, 0) is 14.3 Å². The highest BCUT2D eigenvalue weighted by Gasteiger charge is 2.60. The first kappa shape index (κ1) is 15.4. The molecular formula is C16H19ClN2O3S. The number of hydrogen-bond donors (Lipinski definition) is 1. The van der Waals surface area contributed by atoms with Crippen LogP contribution in [0.15, 0.2) is 11.6 Å². The molecule has 23 heavy (non-hydrogen) atoms. The number of carbonyl (C=O) groups is 2. The molecule has 4 bridgehead atoms. The fraction of sp³-hybridized carbons (Fsp3) is 0.688. The quantitative estimate of drug-likeness (QED) is 0.666. The van der Waals surface area contributed by atoms with Crippen LogP contribution >= 0.6 is 22.9 Å². The number of rotatable bonds is 4. The third-order valence-electron chi connectivity index (χ3n) is 5.44. The SMILES string of the molecule is O=C(COC(=O)C12CC3CC(CC(Cl)(C3)C1)C2)Nc1nccs1. The van der Waals surface area contributed by atoms with Crippen LogP contribution in [0.3, 0.4) is 0 Å². The summed E-state index contributed by atoms with van der Waals surface area (Å²) in [6.07, 6.45) is 7.27. The first-order chi connectivity index (χ1) is 11.0. The van der Waals surface area contributed by atoms with Gasteiger partial charge in [-0.05, 0) is 50.4 Å². The molecule has 0 spiro atoms. The van der Waals surface area contributed by atoms with Gasteiger partial charge in [-0.15, -0.1) is 22.9 Å². The highest BCUT2D eigenvalue weighted by molar-refractivity contribution is 7.13. The molecule has 4 aliphatic rings. The molecule has 0 aromatic carbocycles. The Bertz CT molecular complexity index is 619. The largest absolute Gasteiger partial charge is 0.455 e. The third-order valence-corrected chi connectivity index (χ3v) is 6.57. The minimum Gasteiger partial charge on any atom is -0.455 e. The number of halogens is 1. The van der Waals surface area contributed by atoms with Gasteiger partial charge in [-0.25, -0.2) is 4.98 Å². The molecule has 0 saturated heterocycles. The summed E-state index contributed by atoms with van der Waals surface area (Å²) in [4.78, 5) is 28.3. The Kier molecular flexibility index (Phi) is 3.65. The highest BCUT2D eigenvalue weighted by Crippen LogP contribution is 2.64. The van der Waals surface area contributed by atoms with Crippen molar-refractivity contribution in [2.75, 3.05) is 11.9 Å². The van der Waals surface area contributed by atoms with Gasteiger partial charge in [-0.1, -0.05) is 0 Å². The van der Waals surface area contributed by atoms with Gasteiger partial charge in [0.15, 0.2) is 11.7 Å². The summed E-state index contributed by atoms with van der Waals surface area (Å²) in [7, 11) is 0. The lowest BCUT2D eigenvalue weighted by atomic mass is 9.49. The van der Waals surface area contributed by atoms with Crippen LogP contribution in [-0.4, -0.2) is 28.3 Å². The lowest BCUT2D eigenvalue weighted by molar-refractivity contribution is -0.171. The number of anilines is 1. The van der Waals surface area contributed by atoms with E-state index < -0.39 is 5.41 Å². The Hall–Kier alpha value is -1.14. The number of alkyl halides is 1. The number of ether oxygens (including phenoxy) is 1. The van der Waals surface area contributed by atoms with Crippen molar-refractivity contribution >= 4 is 39.9 Å². The zero-order chi connectivity index (χ0) is 16.1. The molecule has 1 amide bonds. The maximum Gasteiger partial charge on any atom is 0.312 e. The van der Waals surface area contributed by atoms with E-state index in [0.29, 0.717) is 23.4 Å². The van der Waals surface area contributed by atoms with E-state index in [9.17, 15) is 9.59 Å². The second-order valence-corrected chi connectivity index (χ2v) is 9.05. The average molecular weight is 355 g/mol. The Morgan fingerprint density at radius 1 is 1.35 bits per heavy atom. The number of esters is 1. The van der Waals surface area contributed by atoms with Crippen molar-refractivity contribution in [3.8, 4) is 0 Å². The summed E-state index contributed by atoms with van der Waals surface area (Å²) >= 11 is 8.06. The molecule has 4 aliphatic carbocycles. The molecule has 1 aromatic rings. The molecule has 2 unspecified atom stereocenters. The molecule has 5 rings (SSSR count). The Morgan fingerprint density at radius 3 is 2.70 bits per heavy atom. The summed E-state index contributed by atoms with van der Waals surface area (Å²) in [5, 5.41) is 4.91. The molecule has 0 radical (unpaired) electrons. The molecule has 5 nitrogen and oxygen atoms in total. The van der Waals surface area contributed by atoms with E-state index in [1.807, 2.05) is 0 Å². The Balaban J connectivity index is 1.38. The van der Waals surface area contributed by atoms with Crippen LogP contribution in [0.1, 0.15) is 38.5 Å². The maximum atomic E-state index is 12.7. The number of aromatic nitrogens is 1. The van der Waals surface area contributed by atoms with Crippen LogP contribution in [0.25, 0.3) is 0 Å². The number of hydrogen-bond acceptors (Lipinski definition) is 5. The predicted molar refractivity (Wildman–Crippen MR) is 87.4 cm³/mol. The molecule has 124 valence electrons. The van der Waals surface area contributed by atoms with Crippen molar-refractivity contribution in [2.45, 2.75) is 43.4 Å². The second-order valence-electron chi connectivity index (χ2n) is 7.35. The van der Waals surface area contributed by atoms with Crippen LogP contribution < -0.4 is 5.32 Å². The molecule has 4 fully saturated rings. The smallest absolute Gasteiger partial charge is 0.312 e. The summed E-state index contributed by atoms with van der Waals surface area (Å²) in [6.45, 7) is -0.259. The summed E-state index contributed by atoms with van der Waals surface area (Å²) in [6, 6.07) is 0. The number of thiazole rings is 1. The maximum absolute atomic E-state index is 12.7. The number of carbonyl (C=O) groups excluding carboxylic acids is 2. The van der Waals surface area contributed by atoms with E-state index in [1.54, 1.807) is 11.6 Å². The summed E-state index contributed by atoms with van der Waals surface area (Å²) in [5.74, 6) is 0.473. The Labute approximate surface area is 143 Å². The normalized spacial score (nSPS) is 37.6. The lowest BCUT2D eigenvalue weighted by Crippen LogP contribution is -2.56. The summed E-state index contributed by atoms with van der Waals surface area (Å²) < 4.78 is 5.35. The van der Waals surface area contributed by atoms with E-state index in [4.69, 9.17) is 16.3 Å². The second kappa shape index (κ2) is 5.45. The minimum atomic E-state index is -0.465. The van der Waals surface area contributed by atoms with Crippen molar-refractivity contribution in [1.29, 1.82) is 0 Å². The molecule has 1 N–H and O–H groups in total. The zero-order valence-electron chi connectivity index (χ0n) is 12.7. The van der Waals surface area contributed by atoms with Crippen LogP contribution in [0, 0.1) is 17.3 Å². The standard InChI is InChI=1S/C16H19ClN2O3S/c17-16-6-10-3-11(7-16)5-15(4-10,9-16)13(21)22-8-12(20)19-14-18-1-2-23-14/h1-2,10-11H,3-9H2,(H,18,19,20). The van der Waals surface area contributed by atoms with Gasteiger partial charge in [0.2, 0.25) is 0 Å². The molecule has 1 heterocycles. The molecule has 1 aromatic heterocycles. The predicted octanol–water partition coefficient (Wildman–Crippen LogP) is 3.20. The van der Waals surface area contributed by atoms with E-state index >= 15 is 0 Å². The lowest BCUT2D eigenvalue weighted by Gasteiger charge is -2.58. The molecule has 4 saturated carbocycles. The van der Waals surface area contributed by atoms with Gasteiger partial charge in [0.1, 0.15) is 0 Å². The van der Waals surface area contributed by atoms with Crippen LogP contribution in [0.5, 0.6) is 0 Å². The first-order valence-electron chi connectivity index (χ1n) is 8.02. The fourth-order valence-electron chi connectivity index (χ4n) is 5.11. The van der Waals surface area contributed by atoms with Crippen molar-refractivity contribution < 1.29 is 14.3 Å². The van der Waals surface area contributed by atoms with Gasteiger partial charge in [0, 0.05) is 16.5 Å². The van der Waals surface area contributed by atoms with Crippen LogP contribution in [0.4, 0.5) is 5.13 Å². The Morgan fingerprint density at radius 2 is 2.09 bits per heavy atom. The van der Waals surface area contributed by atoms with Gasteiger partial charge < -0.3 is 4.74 Å². The van der Waals surface area contributed by atoms with Gasteiger partial charge >= 0.3 is 5.97 Å². The van der Waals surface area contributed by atoms with Gasteiger partial charge in [-0.2, -0.15) is 0 Å². The molecule has 7 heteroatoms. The number of nitrogens with one attached hydrogen (secondary N) is 1. The average Bonchev–Trinajstić information content (AvgIpc) is 2.95. The monoisotopic (exact) mass is 354 g/mol. The van der Waals surface area contributed by atoms with E-state index in [0.717, 1.165) is 25.7 Å². The molecule has 2 atom stereocenters. The fourth-order valence-corrected chi connectivity index (χ4v) is 6.35. The van der Waals surface area contributed by atoms with E-state index in [2.05, 4.69) is 10.3 Å². The van der Waals surface area contributed by atoms with Gasteiger partial charge in [0.05, 0.1) is 5.41 Å². The summed E-state index contributed by atoms with van der Waals surface area (Å²) in [5.41, 5.74) is -0.465. The van der Waals surface area contributed by atoms with Gasteiger partial charge in [-0.3, -0.25) is 14.9 Å². The number of nitrogens with zero attached hydrogens (tertiary/aromatic N) is 1. The first-order valence-corrected chi connectivity index (χ1v) is 9.28. The number of amides is 1. The third kappa shape index (κ3) is 2.87. The minimum absolute atomic E-state index is 0.230. The van der Waals surface area contributed by atoms with Crippen molar-refractivity contribution in [3.05, 3.63) is 11.6 Å². The molecular weight excluding hydrogens is 336 g/mol. The van der Waals surface area contributed by atoms with Crippen LogP contribution in [0.2, 0.25) is 0 Å². The van der Waals surface area contributed by atoms with Crippen molar-refractivity contribution in [2.24, 2.45) is 17.3 Å². The van der Waals surface area contributed by atoms with E-state index in [1.165, 1.54) is 17.8 Å². The van der Waals surface area contributed by atoms with E-state index in [-0.39, 0.29) is 23.4 Å². The van der Waals surface area contributed by atoms with Crippen molar-refractivity contribution in [3.63, 3.8) is 0 Å². The topological polar surface area (TPSA) is 68.3 Å². The zero-order valence-corrected chi connectivity index (χ0v) is 14.3. The highest BCUT2D eigenvalue weighted by atomic mass is 35.5. The van der Waals surface area contributed by atoms with Crippen molar-refractivity contribution in [1.82, 2.24) is 4.98 Å².